The van der Waals surface area contributed by atoms with E-state index in [4.69, 9.17) is 11.6 Å². The maximum atomic E-state index is 14.1. The Kier molecular flexibility index (Phi) is 5.24. The second-order valence-corrected chi connectivity index (χ2v) is 7.14. The summed E-state index contributed by atoms with van der Waals surface area (Å²) in [5.41, 5.74) is 2.47. The Morgan fingerprint density at radius 1 is 1.07 bits per heavy atom. The number of aryl methyl sites for hydroxylation is 1. The van der Waals surface area contributed by atoms with Gasteiger partial charge in [0, 0.05) is 23.6 Å². The lowest BCUT2D eigenvalue weighted by atomic mass is 10.0. The monoisotopic (exact) mass is 383 g/mol. The number of nitrogens with one attached hydrogen (secondary N) is 1. The van der Waals surface area contributed by atoms with Gasteiger partial charge in [0.15, 0.2) is 0 Å². The van der Waals surface area contributed by atoms with Crippen molar-refractivity contribution in [1.82, 2.24) is 9.97 Å². The molecule has 0 atom stereocenters. The summed E-state index contributed by atoms with van der Waals surface area (Å²) in [5.74, 6) is -0.328. The van der Waals surface area contributed by atoms with Gasteiger partial charge in [-0.15, -0.1) is 0 Å². The Balaban J connectivity index is 1.88. The van der Waals surface area contributed by atoms with E-state index >= 15 is 0 Å². The Hall–Kier alpha value is -2.79. The Bertz CT molecular complexity index is 999. The predicted octanol–water partition coefficient (Wildman–Crippen LogP) is 5.56. The van der Waals surface area contributed by atoms with E-state index in [0.717, 1.165) is 16.7 Å². The molecule has 6 heteroatoms. The molecule has 27 heavy (non-hydrogen) atoms. The molecule has 1 amide bonds. The van der Waals surface area contributed by atoms with E-state index in [0.29, 0.717) is 16.4 Å². The Morgan fingerprint density at radius 2 is 1.81 bits per heavy atom. The van der Waals surface area contributed by atoms with Crippen molar-refractivity contribution in [3.05, 3.63) is 76.8 Å². The van der Waals surface area contributed by atoms with Crippen LogP contribution < -0.4 is 5.32 Å². The molecule has 3 aromatic rings. The minimum atomic E-state index is -1.62. The zero-order valence-corrected chi connectivity index (χ0v) is 16.0. The van der Waals surface area contributed by atoms with Crippen LogP contribution in [0.1, 0.15) is 35.5 Å². The minimum Gasteiger partial charge on any atom is -0.322 e. The molecule has 0 unspecified atom stereocenters. The van der Waals surface area contributed by atoms with Gasteiger partial charge in [0.1, 0.15) is 10.8 Å². The van der Waals surface area contributed by atoms with E-state index in [2.05, 4.69) is 15.3 Å². The normalized spacial score (nSPS) is 11.3. The van der Waals surface area contributed by atoms with Gasteiger partial charge in [0.05, 0.1) is 5.69 Å². The number of anilines is 1. The first-order valence-corrected chi connectivity index (χ1v) is 8.81. The highest BCUT2D eigenvalue weighted by atomic mass is 35.5. The maximum Gasteiger partial charge on any atom is 0.255 e. The minimum absolute atomic E-state index is 0.214. The number of alkyl halides is 1. The first kappa shape index (κ1) is 19.0. The van der Waals surface area contributed by atoms with Crippen LogP contribution >= 0.6 is 11.6 Å². The lowest BCUT2D eigenvalue weighted by Crippen LogP contribution is -2.16. The van der Waals surface area contributed by atoms with Crippen molar-refractivity contribution in [2.24, 2.45) is 0 Å². The number of rotatable bonds is 4. The number of benzene rings is 1. The zero-order chi connectivity index (χ0) is 19.6. The lowest BCUT2D eigenvalue weighted by molar-refractivity contribution is 0.102. The third-order valence-corrected chi connectivity index (χ3v) is 4.37. The zero-order valence-electron chi connectivity index (χ0n) is 15.3. The average molecular weight is 384 g/mol. The van der Waals surface area contributed by atoms with Crippen molar-refractivity contribution in [3.63, 3.8) is 0 Å². The number of halogens is 2. The van der Waals surface area contributed by atoms with Crippen LogP contribution in [0.4, 0.5) is 10.1 Å². The molecule has 2 aromatic heterocycles. The topological polar surface area (TPSA) is 54.9 Å². The average Bonchev–Trinajstić information content (AvgIpc) is 2.62. The number of aromatic nitrogens is 2. The van der Waals surface area contributed by atoms with Crippen LogP contribution in [-0.4, -0.2) is 15.9 Å². The third-order valence-electron chi connectivity index (χ3n) is 4.16. The van der Waals surface area contributed by atoms with Crippen molar-refractivity contribution in [2.75, 3.05) is 5.32 Å². The van der Waals surface area contributed by atoms with Gasteiger partial charge < -0.3 is 5.32 Å². The molecule has 0 saturated heterocycles. The number of carbonyl (C=O) groups is 1. The van der Waals surface area contributed by atoms with Crippen molar-refractivity contribution in [3.8, 4) is 11.1 Å². The molecule has 3 rings (SSSR count). The summed E-state index contributed by atoms with van der Waals surface area (Å²) in [6, 6.07) is 12.3. The summed E-state index contributed by atoms with van der Waals surface area (Å²) < 4.78 is 14.1. The van der Waals surface area contributed by atoms with Crippen molar-refractivity contribution in [2.45, 2.75) is 26.4 Å². The van der Waals surface area contributed by atoms with Crippen molar-refractivity contribution in [1.29, 1.82) is 0 Å². The fraction of sp³-hybridized carbons (Fsp3) is 0.190. The molecule has 0 radical (unpaired) electrons. The molecule has 2 heterocycles. The van der Waals surface area contributed by atoms with Gasteiger partial charge in [-0.2, -0.15) is 0 Å². The van der Waals surface area contributed by atoms with E-state index in [1.165, 1.54) is 26.1 Å². The van der Waals surface area contributed by atoms with Gasteiger partial charge in [-0.25, -0.2) is 9.37 Å². The fourth-order valence-electron chi connectivity index (χ4n) is 2.68. The van der Waals surface area contributed by atoms with E-state index in [-0.39, 0.29) is 11.6 Å². The molecule has 0 aliphatic heterocycles. The number of carbonyl (C=O) groups excluding carboxylic acids is 1. The highest BCUT2D eigenvalue weighted by Crippen LogP contribution is 2.28. The quantitative estimate of drug-likeness (QED) is 0.600. The van der Waals surface area contributed by atoms with E-state index < -0.39 is 5.67 Å². The van der Waals surface area contributed by atoms with Crippen LogP contribution in [0.5, 0.6) is 0 Å². The Morgan fingerprint density at radius 3 is 2.52 bits per heavy atom. The van der Waals surface area contributed by atoms with E-state index in [9.17, 15) is 9.18 Å². The van der Waals surface area contributed by atoms with Crippen LogP contribution in [0.3, 0.4) is 0 Å². The highest BCUT2D eigenvalue weighted by molar-refractivity contribution is 6.29. The van der Waals surface area contributed by atoms with Crippen LogP contribution in [0.15, 0.2) is 54.9 Å². The number of hydrogen-bond acceptors (Lipinski definition) is 3. The fourth-order valence-corrected chi connectivity index (χ4v) is 2.85. The molecule has 0 fully saturated rings. The first-order valence-electron chi connectivity index (χ1n) is 8.43. The molecule has 0 spiro atoms. The van der Waals surface area contributed by atoms with Crippen LogP contribution in [0.25, 0.3) is 11.1 Å². The first-order chi connectivity index (χ1) is 12.7. The van der Waals surface area contributed by atoms with Gasteiger partial charge in [0.25, 0.3) is 5.91 Å². The molecular weight excluding hydrogens is 365 g/mol. The predicted molar refractivity (Wildman–Crippen MR) is 106 cm³/mol. The molecule has 0 aliphatic rings. The van der Waals surface area contributed by atoms with Gasteiger partial charge in [0.2, 0.25) is 0 Å². The summed E-state index contributed by atoms with van der Waals surface area (Å²) >= 11 is 5.99. The smallest absolute Gasteiger partial charge is 0.255 e. The van der Waals surface area contributed by atoms with Gasteiger partial charge >= 0.3 is 0 Å². The molecule has 138 valence electrons. The third kappa shape index (κ3) is 4.49. The molecule has 0 saturated carbocycles. The summed E-state index contributed by atoms with van der Waals surface area (Å²) in [5, 5.41) is 3.25. The van der Waals surface area contributed by atoms with Crippen LogP contribution in [-0.2, 0) is 5.67 Å². The van der Waals surface area contributed by atoms with E-state index in [1.54, 1.807) is 18.3 Å². The van der Waals surface area contributed by atoms with Crippen LogP contribution in [0, 0.1) is 6.92 Å². The van der Waals surface area contributed by atoms with Crippen molar-refractivity contribution >= 4 is 23.2 Å². The summed E-state index contributed by atoms with van der Waals surface area (Å²) in [6.45, 7) is 4.79. The number of pyridine rings is 2. The molecule has 1 N–H and O–H groups in total. The second kappa shape index (κ2) is 7.45. The highest BCUT2D eigenvalue weighted by Gasteiger charge is 2.21. The van der Waals surface area contributed by atoms with Crippen LogP contribution in [0.2, 0.25) is 5.15 Å². The van der Waals surface area contributed by atoms with Gasteiger partial charge in [-0.3, -0.25) is 9.78 Å². The molecule has 4 nitrogen and oxygen atoms in total. The van der Waals surface area contributed by atoms with Gasteiger partial charge in [-0.05, 0) is 73.9 Å². The maximum absolute atomic E-state index is 14.1. The van der Waals surface area contributed by atoms with Crippen molar-refractivity contribution < 1.29 is 9.18 Å². The largest absolute Gasteiger partial charge is 0.322 e. The molecule has 1 aromatic carbocycles. The summed E-state index contributed by atoms with van der Waals surface area (Å²) in [4.78, 5) is 20.6. The summed E-state index contributed by atoms with van der Waals surface area (Å²) in [6.07, 6.45) is 3.07. The van der Waals surface area contributed by atoms with Gasteiger partial charge in [-0.1, -0.05) is 17.7 Å². The number of nitrogens with zero attached hydrogens (tertiary/aromatic N) is 2. The molecule has 0 aliphatic carbocycles. The lowest BCUT2D eigenvalue weighted by Gasteiger charge is -2.14. The molecule has 0 bridgehead atoms. The van der Waals surface area contributed by atoms with E-state index in [1.807, 2.05) is 31.2 Å². The standard InChI is InChI=1S/C21H19ClFN3O/c1-13-4-5-16(12-17(13)14-6-9-25-19(22)11-14)26-20(27)15-7-8-24-18(10-15)21(2,3)23/h4-12H,1-3H3,(H,26,27). The Labute approximate surface area is 162 Å². The SMILES string of the molecule is Cc1ccc(NC(=O)c2ccnc(C(C)(C)F)c2)cc1-c1ccnc(Cl)c1. The molecular formula is C21H19ClFN3O. The summed E-state index contributed by atoms with van der Waals surface area (Å²) in [7, 11) is 0. The number of amides is 1. The second-order valence-electron chi connectivity index (χ2n) is 6.75. The number of hydrogen-bond donors (Lipinski definition) is 1.